The molecular formula is C59H102O6. The van der Waals surface area contributed by atoms with Gasteiger partial charge in [0.1, 0.15) is 13.2 Å². The van der Waals surface area contributed by atoms with E-state index in [4.69, 9.17) is 14.2 Å². The van der Waals surface area contributed by atoms with Gasteiger partial charge in [-0.05, 0) is 109 Å². The third-order valence-electron chi connectivity index (χ3n) is 11.7. The van der Waals surface area contributed by atoms with Crippen molar-refractivity contribution in [3.8, 4) is 0 Å². The van der Waals surface area contributed by atoms with Gasteiger partial charge in [-0.25, -0.2) is 0 Å². The molecule has 0 unspecified atom stereocenters. The van der Waals surface area contributed by atoms with Crippen LogP contribution in [0.1, 0.15) is 265 Å². The lowest BCUT2D eigenvalue weighted by atomic mass is 10.1. The van der Waals surface area contributed by atoms with E-state index in [1.165, 1.54) is 116 Å². The monoisotopic (exact) mass is 907 g/mol. The Kier molecular flexibility index (Phi) is 50.9. The Morgan fingerprint density at radius 1 is 0.323 bits per heavy atom. The average molecular weight is 907 g/mol. The Morgan fingerprint density at radius 2 is 0.600 bits per heavy atom. The highest BCUT2D eigenvalue weighted by Crippen LogP contribution is 2.15. The Hall–Kier alpha value is -3.15. The number of rotatable bonds is 49. The summed E-state index contributed by atoms with van der Waals surface area (Å²) in [6, 6.07) is 0. The Labute approximate surface area is 402 Å². The summed E-state index contributed by atoms with van der Waals surface area (Å²) < 4.78 is 16.8. The molecule has 1 atom stereocenters. The van der Waals surface area contributed by atoms with Crippen LogP contribution >= 0.6 is 0 Å². The molecule has 0 amide bonds. The van der Waals surface area contributed by atoms with Crippen molar-refractivity contribution >= 4 is 17.9 Å². The minimum atomic E-state index is -0.789. The van der Waals surface area contributed by atoms with Gasteiger partial charge in [-0.15, -0.1) is 0 Å². The van der Waals surface area contributed by atoms with Crippen molar-refractivity contribution in [1.29, 1.82) is 0 Å². The summed E-state index contributed by atoms with van der Waals surface area (Å²) in [4.78, 5) is 38.1. The number of allylic oxidation sites excluding steroid dienone is 12. The first-order chi connectivity index (χ1) is 32.0. The molecule has 0 rings (SSSR count). The molecule has 0 aromatic carbocycles. The Balaban J connectivity index is 4.39. The van der Waals surface area contributed by atoms with Crippen molar-refractivity contribution in [1.82, 2.24) is 0 Å². The second-order valence-corrected chi connectivity index (χ2v) is 18.1. The van der Waals surface area contributed by atoms with Gasteiger partial charge in [-0.2, -0.15) is 0 Å². The van der Waals surface area contributed by atoms with Crippen LogP contribution in [-0.4, -0.2) is 37.2 Å². The SMILES string of the molecule is CC/C=C/C/C=C/C/C=C/CCCCCCCC(=O)O[C@H](COC(=O)CCCCCCC/C=C/CCCCCC)COC(=O)CCCCCCCCCCC/C=C/C/C=C/CCCCC. The molecule has 0 saturated heterocycles. The molecule has 0 N–H and O–H groups in total. The fraction of sp³-hybridized carbons (Fsp3) is 0.746. The van der Waals surface area contributed by atoms with Gasteiger partial charge < -0.3 is 14.2 Å². The lowest BCUT2D eigenvalue weighted by Crippen LogP contribution is -2.30. The summed E-state index contributed by atoms with van der Waals surface area (Å²) >= 11 is 0. The van der Waals surface area contributed by atoms with Crippen LogP contribution in [0.25, 0.3) is 0 Å². The van der Waals surface area contributed by atoms with Crippen LogP contribution in [0.2, 0.25) is 0 Å². The first-order valence-corrected chi connectivity index (χ1v) is 27.4. The number of ether oxygens (including phenoxy) is 3. The van der Waals surface area contributed by atoms with Gasteiger partial charge in [0.25, 0.3) is 0 Å². The second kappa shape index (κ2) is 53.5. The van der Waals surface area contributed by atoms with Gasteiger partial charge >= 0.3 is 17.9 Å². The molecule has 65 heavy (non-hydrogen) atoms. The molecule has 0 aromatic rings. The smallest absolute Gasteiger partial charge is 0.306 e. The quantitative estimate of drug-likeness (QED) is 0.0262. The van der Waals surface area contributed by atoms with Crippen LogP contribution in [0.15, 0.2) is 72.9 Å². The third-order valence-corrected chi connectivity index (χ3v) is 11.7. The van der Waals surface area contributed by atoms with Crippen molar-refractivity contribution in [2.75, 3.05) is 13.2 Å². The number of esters is 3. The molecule has 0 aliphatic carbocycles. The third kappa shape index (κ3) is 51.7. The van der Waals surface area contributed by atoms with E-state index in [2.05, 4.69) is 93.7 Å². The van der Waals surface area contributed by atoms with E-state index >= 15 is 0 Å². The maximum Gasteiger partial charge on any atom is 0.306 e. The largest absolute Gasteiger partial charge is 0.462 e. The van der Waals surface area contributed by atoms with E-state index in [9.17, 15) is 14.4 Å². The zero-order valence-electron chi connectivity index (χ0n) is 42.7. The molecule has 374 valence electrons. The zero-order chi connectivity index (χ0) is 47.2. The van der Waals surface area contributed by atoms with E-state index < -0.39 is 6.10 Å². The standard InChI is InChI=1S/C59H102O6/c1-4-7-10-13-16-19-22-25-27-28-29-30-32-34-37-40-43-46-49-52-58(61)64-55-56(54-63-57(60)51-48-45-42-39-36-33-24-21-18-15-12-9-6-3)65-59(62)53-50-47-44-41-38-35-31-26-23-20-17-14-11-8-5-2/h8,11,16-17,19-21,24-27,31,56H,4-7,9-10,12-15,18,22-23,28-30,32-55H2,1-3H3/b11-8+,19-16+,20-17+,24-21+,27-25+,31-26+/t56-/m1/s1. The van der Waals surface area contributed by atoms with Crippen LogP contribution in [0.4, 0.5) is 0 Å². The predicted molar refractivity (Wildman–Crippen MR) is 279 cm³/mol. The summed E-state index contributed by atoms with van der Waals surface area (Å²) in [5.74, 6) is -0.912. The normalized spacial score (nSPS) is 12.6. The van der Waals surface area contributed by atoms with Gasteiger partial charge in [0.2, 0.25) is 0 Å². The van der Waals surface area contributed by atoms with Gasteiger partial charge in [0, 0.05) is 19.3 Å². The fourth-order valence-electron chi connectivity index (χ4n) is 7.54. The summed E-state index contributed by atoms with van der Waals surface area (Å²) in [5.41, 5.74) is 0. The lowest BCUT2D eigenvalue weighted by molar-refractivity contribution is -0.167. The maximum atomic E-state index is 12.8. The molecule has 0 aliphatic heterocycles. The summed E-state index contributed by atoms with van der Waals surface area (Å²) in [6.45, 7) is 6.47. The molecule has 0 aromatic heterocycles. The molecular weight excluding hydrogens is 805 g/mol. The first kappa shape index (κ1) is 61.9. The minimum absolute atomic E-state index is 0.0871. The van der Waals surface area contributed by atoms with Gasteiger partial charge in [-0.1, -0.05) is 209 Å². The summed E-state index contributed by atoms with van der Waals surface area (Å²) in [5, 5.41) is 0. The van der Waals surface area contributed by atoms with Crippen molar-refractivity contribution in [3.05, 3.63) is 72.9 Å². The van der Waals surface area contributed by atoms with Crippen LogP contribution < -0.4 is 0 Å². The maximum absolute atomic E-state index is 12.8. The van der Waals surface area contributed by atoms with Gasteiger partial charge in [0.05, 0.1) is 0 Å². The molecule has 0 heterocycles. The lowest BCUT2D eigenvalue weighted by Gasteiger charge is -2.18. The molecule has 0 radical (unpaired) electrons. The molecule has 6 nitrogen and oxygen atoms in total. The van der Waals surface area contributed by atoms with Crippen LogP contribution in [0, 0.1) is 0 Å². The minimum Gasteiger partial charge on any atom is -0.462 e. The van der Waals surface area contributed by atoms with E-state index in [1.807, 2.05) is 0 Å². The summed E-state index contributed by atoms with van der Waals surface area (Å²) in [6.07, 6.45) is 67.4. The van der Waals surface area contributed by atoms with E-state index in [0.29, 0.717) is 19.3 Å². The van der Waals surface area contributed by atoms with Crippen molar-refractivity contribution in [2.45, 2.75) is 271 Å². The van der Waals surface area contributed by atoms with E-state index in [0.717, 1.165) is 109 Å². The van der Waals surface area contributed by atoms with E-state index in [1.54, 1.807) is 0 Å². The highest BCUT2D eigenvalue weighted by atomic mass is 16.6. The molecule has 0 saturated carbocycles. The molecule has 0 spiro atoms. The predicted octanol–water partition coefficient (Wildman–Crippen LogP) is 18.2. The van der Waals surface area contributed by atoms with E-state index in [-0.39, 0.29) is 31.1 Å². The highest BCUT2D eigenvalue weighted by molar-refractivity contribution is 5.71. The van der Waals surface area contributed by atoms with Crippen molar-refractivity contribution < 1.29 is 28.6 Å². The van der Waals surface area contributed by atoms with Crippen LogP contribution in [-0.2, 0) is 28.6 Å². The number of hydrogen-bond acceptors (Lipinski definition) is 6. The number of carbonyl (C=O) groups excluding carboxylic acids is 3. The number of hydrogen-bond donors (Lipinski definition) is 0. The Morgan fingerprint density at radius 3 is 0.985 bits per heavy atom. The second-order valence-electron chi connectivity index (χ2n) is 18.1. The number of carbonyl (C=O) groups is 3. The first-order valence-electron chi connectivity index (χ1n) is 27.4. The summed E-state index contributed by atoms with van der Waals surface area (Å²) in [7, 11) is 0. The van der Waals surface area contributed by atoms with Crippen molar-refractivity contribution in [3.63, 3.8) is 0 Å². The molecule has 0 fully saturated rings. The van der Waals surface area contributed by atoms with Gasteiger partial charge in [0.15, 0.2) is 6.10 Å². The van der Waals surface area contributed by atoms with Crippen molar-refractivity contribution in [2.24, 2.45) is 0 Å². The molecule has 0 aliphatic rings. The molecule has 6 heteroatoms. The topological polar surface area (TPSA) is 78.9 Å². The Bertz CT molecular complexity index is 1230. The number of unbranched alkanes of at least 4 members (excludes halogenated alkanes) is 26. The highest BCUT2D eigenvalue weighted by Gasteiger charge is 2.19. The zero-order valence-corrected chi connectivity index (χ0v) is 42.7. The van der Waals surface area contributed by atoms with Crippen LogP contribution in [0.5, 0.6) is 0 Å². The van der Waals surface area contributed by atoms with Crippen LogP contribution in [0.3, 0.4) is 0 Å². The fourth-order valence-corrected chi connectivity index (χ4v) is 7.54. The van der Waals surface area contributed by atoms with Gasteiger partial charge in [-0.3, -0.25) is 14.4 Å². The molecule has 0 bridgehead atoms. The average Bonchev–Trinajstić information content (AvgIpc) is 3.30.